The van der Waals surface area contributed by atoms with E-state index in [1.807, 2.05) is 0 Å². The van der Waals surface area contributed by atoms with Crippen molar-refractivity contribution in [2.45, 2.75) is 43.6 Å². The monoisotopic (exact) mass is 280 g/mol. The fraction of sp³-hybridized carbons (Fsp3) is 0.818. The first kappa shape index (κ1) is 16.6. The molecule has 100 valence electrons. The van der Waals surface area contributed by atoms with Gasteiger partial charge in [-0.05, 0) is 12.8 Å². The van der Waals surface area contributed by atoms with E-state index in [4.69, 9.17) is 10.2 Å². The number of rotatable bonds is 10. The molecule has 0 aromatic heterocycles. The van der Waals surface area contributed by atoms with E-state index in [1.165, 1.54) is 0 Å². The van der Waals surface area contributed by atoms with Gasteiger partial charge >= 0.3 is 11.9 Å². The molecule has 0 bridgehead atoms. The third kappa shape index (κ3) is 7.54. The van der Waals surface area contributed by atoms with Crippen molar-refractivity contribution in [2.24, 2.45) is 0 Å². The molecular weight excluding hydrogens is 260 g/mol. The zero-order valence-electron chi connectivity index (χ0n) is 10.3. The molecule has 0 aromatic rings. The first-order chi connectivity index (χ1) is 7.95. The first-order valence-corrected chi connectivity index (χ1v) is 7.64. The number of carboxylic acids is 2. The molecule has 6 heteroatoms. The quantitative estimate of drug-likeness (QED) is 0.599. The van der Waals surface area contributed by atoms with Gasteiger partial charge in [0, 0.05) is 11.5 Å². The predicted molar refractivity (Wildman–Crippen MR) is 72.7 cm³/mol. The maximum absolute atomic E-state index is 10.5. The summed E-state index contributed by atoms with van der Waals surface area (Å²) in [5.74, 6) is -0.406. The van der Waals surface area contributed by atoms with Gasteiger partial charge < -0.3 is 10.2 Å². The Kier molecular flexibility index (Phi) is 8.51. The van der Waals surface area contributed by atoms with Crippen LogP contribution in [0.1, 0.15) is 39.5 Å². The van der Waals surface area contributed by atoms with E-state index in [0.29, 0.717) is 11.5 Å². The lowest BCUT2D eigenvalue weighted by Gasteiger charge is -2.30. The van der Waals surface area contributed by atoms with Crippen LogP contribution >= 0.6 is 23.5 Å². The van der Waals surface area contributed by atoms with E-state index in [1.54, 1.807) is 23.5 Å². The van der Waals surface area contributed by atoms with Gasteiger partial charge in [0.25, 0.3) is 0 Å². The standard InChI is InChI=1S/C11H20O4S2/c1-3-11(4-2,16-7-5-9(12)13)17-8-6-10(14)15/h3-8H2,1-2H3,(H,12,13)(H,14,15). The molecule has 0 aromatic carbocycles. The zero-order chi connectivity index (χ0) is 13.3. The minimum absolute atomic E-state index is 0.0368. The minimum atomic E-state index is -0.783. The van der Waals surface area contributed by atoms with Crippen LogP contribution in [0.25, 0.3) is 0 Å². The molecule has 0 atom stereocenters. The molecule has 2 N–H and O–H groups in total. The summed E-state index contributed by atoms with van der Waals surface area (Å²) < 4.78 is -0.0368. The van der Waals surface area contributed by atoms with Crippen LogP contribution in [0, 0.1) is 0 Å². The number of hydrogen-bond donors (Lipinski definition) is 2. The highest BCUT2D eigenvalue weighted by molar-refractivity contribution is 8.18. The molecule has 0 aliphatic rings. The largest absolute Gasteiger partial charge is 0.481 e. The Morgan fingerprint density at radius 3 is 1.53 bits per heavy atom. The number of carboxylic acid groups (broad SMARTS) is 2. The van der Waals surface area contributed by atoms with Gasteiger partial charge in [0.15, 0.2) is 0 Å². The molecule has 0 amide bonds. The van der Waals surface area contributed by atoms with Crippen molar-refractivity contribution in [1.29, 1.82) is 0 Å². The van der Waals surface area contributed by atoms with Gasteiger partial charge in [-0.1, -0.05) is 13.8 Å². The van der Waals surface area contributed by atoms with E-state index in [2.05, 4.69) is 13.8 Å². The summed E-state index contributed by atoms with van der Waals surface area (Å²) >= 11 is 3.28. The molecule has 0 spiro atoms. The van der Waals surface area contributed by atoms with Crippen LogP contribution in [0.3, 0.4) is 0 Å². The lowest BCUT2D eigenvalue weighted by Crippen LogP contribution is -2.20. The molecule has 0 heterocycles. The second-order valence-corrected chi connectivity index (χ2v) is 6.82. The van der Waals surface area contributed by atoms with E-state index in [-0.39, 0.29) is 16.9 Å². The van der Waals surface area contributed by atoms with E-state index >= 15 is 0 Å². The Labute approximate surface area is 111 Å². The molecule has 0 unspecified atom stereocenters. The summed E-state index contributed by atoms with van der Waals surface area (Å²) in [6.45, 7) is 4.12. The van der Waals surface area contributed by atoms with Gasteiger partial charge in [0.2, 0.25) is 0 Å². The smallest absolute Gasteiger partial charge is 0.304 e. The third-order valence-corrected chi connectivity index (χ3v) is 6.17. The van der Waals surface area contributed by atoms with Gasteiger partial charge in [0.1, 0.15) is 0 Å². The Morgan fingerprint density at radius 2 is 1.29 bits per heavy atom. The molecule has 0 saturated heterocycles. The first-order valence-electron chi connectivity index (χ1n) is 5.67. The van der Waals surface area contributed by atoms with Crippen molar-refractivity contribution in [3.8, 4) is 0 Å². The van der Waals surface area contributed by atoms with Gasteiger partial charge in [-0.15, -0.1) is 23.5 Å². The summed E-state index contributed by atoms with van der Waals surface area (Å²) in [5, 5.41) is 17.2. The summed E-state index contributed by atoms with van der Waals surface area (Å²) in [5.41, 5.74) is 0. The van der Waals surface area contributed by atoms with Crippen LogP contribution in [0.4, 0.5) is 0 Å². The molecule has 0 aliphatic heterocycles. The van der Waals surface area contributed by atoms with Crippen molar-refractivity contribution in [3.05, 3.63) is 0 Å². The second kappa shape index (κ2) is 8.69. The zero-order valence-corrected chi connectivity index (χ0v) is 11.9. The second-order valence-electron chi connectivity index (χ2n) is 3.60. The van der Waals surface area contributed by atoms with E-state index in [0.717, 1.165) is 12.8 Å². The van der Waals surface area contributed by atoms with Crippen LogP contribution in [-0.2, 0) is 9.59 Å². The fourth-order valence-electron chi connectivity index (χ4n) is 1.35. The summed E-state index contributed by atoms with van der Waals surface area (Å²) in [4.78, 5) is 20.9. The number of hydrogen-bond acceptors (Lipinski definition) is 4. The average Bonchev–Trinajstić information content (AvgIpc) is 2.26. The molecule has 0 saturated carbocycles. The molecule has 0 rings (SSSR count). The normalized spacial score (nSPS) is 11.4. The molecule has 0 radical (unpaired) electrons. The highest BCUT2D eigenvalue weighted by Crippen LogP contribution is 2.43. The maximum Gasteiger partial charge on any atom is 0.304 e. The number of thioether (sulfide) groups is 2. The molecule has 4 nitrogen and oxygen atoms in total. The van der Waals surface area contributed by atoms with Gasteiger partial charge in [0.05, 0.1) is 16.9 Å². The summed E-state index contributed by atoms with van der Waals surface area (Å²) in [6, 6.07) is 0. The van der Waals surface area contributed by atoms with Crippen LogP contribution < -0.4 is 0 Å². The number of carbonyl (C=O) groups is 2. The van der Waals surface area contributed by atoms with Crippen molar-refractivity contribution in [2.75, 3.05) is 11.5 Å². The predicted octanol–water partition coefficient (Wildman–Crippen LogP) is 2.92. The minimum Gasteiger partial charge on any atom is -0.481 e. The van der Waals surface area contributed by atoms with Crippen molar-refractivity contribution in [1.82, 2.24) is 0 Å². The summed E-state index contributed by atoms with van der Waals surface area (Å²) in [6.07, 6.45) is 2.15. The Hall–Kier alpha value is -0.360. The third-order valence-electron chi connectivity index (χ3n) is 2.44. The Morgan fingerprint density at radius 1 is 0.941 bits per heavy atom. The maximum atomic E-state index is 10.5. The fourth-order valence-corrected chi connectivity index (χ4v) is 4.30. The van der Waals surface area contributed by atoms with Gasteiger partial charge in [-0.3, -0.25) is 9.59 Å². The Bertz CT molecular complexity index is 230. The summed E-state index contributed by atoms with van der Waals surface area (Å²) in [7, 11) is 0. The average molecular weight is 280 g/mol. The van der Waals surface area contributed by atoms with Crippen LogP contribution in [0.2, 0.25) is 0 Å². The molecular formula is C11H20O4S2. The van der Waals surface area contributed by atoms with Crippen LogP contribution in [-0.4, -0.2) is 37.7 Å². The molecule has 0 fully saturated rings. The van der Waals surface area contributed by atoms with Gasteiger partial charge in [-0.2, -0.15) is 0 Å². The number of aliphatic carboxylic acids is 2. The van der Waals surface area contributed by atoms with Crippen molar-refractivity contribution < 1.29 is 19.8 Å². The topological polar surface area (TPSA) is 74.6 Å². The molecule has 0 aliphatic carbocycles. The highest BCUT2D eigenvalue weighted by Gasteiger charge is 2.27. The Balaban J connectivity index is 4.14. The van der Waals surface area contributed by atoms with Crippen LogP contribution in [0.5, 0.6) is 0 Å². The molecule has 17 heavy (non-hydrogen) atoms. The van der Waals surface area contributed by atoms with Crippen LogP contribution in [0.15, 0.2) is 0 Å². The van der Waals surface area contributed by atoms with Crippen molar-refractivity contribution >= 4 is 35.5 Å². The lowest BCUT2D eigenvalue weighted by atomic mass is 10.2. The van der Waals surface area contributed by atoms with E-state index in [9.17, 15) is 9.59 Å². The van der Waals surface area contributed by atoms with Crippen molar-refractivity contribution in [3.63, 3.8) is 0 Å². The lowest BCUT2D eigenvalue weighted by molar-refractivity contribution is -0.137. The van der Waals surface area contributed by atoms with E-state index < -0.39 is 11.9 Å². The van der Waals surface area contributed by atoms with Gasteiger partial charge in [-0.25, -0.2) is 0 Å². The highest BCUT2D eigenvalue weighted by atomic mass is 32.2. The SMILES string of the molecule is CCC(CC)(SCCC(=O)O)SCCC(=O)O.